The molecule has 1 heterocycles. The molecule has 1 aliphatic heterocycles. The van der Waals surface area contributed by atoms with Gasteiger partial charge in [-0.2, -0.15) is 0 Å². The summed E-state index contributed by atoms with van der Waals surface area (Å²) < 4.78 is 11.5. The normalized spacial score (nSPS) is 16.5. The molecule has 1 saturated heterocycles. The molecule has 1 amide bonds. The number of ether oxygens (including phenoxy) is 2. The summed E-state index contributed by atoms with van der Waals surface area (Å²) in [7, 11) is 0. The number of benzene rings is 2. The fourth-order valence-electron chi connectivity index (χ4n) is 2.93. The van der Waals surface area contributed by atoms with E-state index in [1.165, 1.54) is 0 Å². The topological polar surface area (TPSA) is 47.6 Å². The number of aryl methyl sites for hydroxylation is 2. The van der Waals surface area contributed by atoms with E-state index >= 15 is 0 Å². The zero-order valence-electron chi connectivity index (χ0n) is 15.0. The summed E-state index contributed by atoms with van der Waals surface area (Å²) in [5, 5.41) is 3.66. The van der Waals surface area contributed by atoms with Crippen molar-refractivity contribution in [2.75, 3.05) is 18.5 Å². The van der Waals surface area contributed by atoms with Gasteiger partial charge >= 0.3 is 0 Å². The van der Waals surface area contributed by atoms with Gasteiger partial charge in [0.05, 0.1) is 11.8 Å². The molecule has 1 aliphatic rings. The van der Waals surface area contributed by atoms with E-state index in [9.17, 15) is 4.79 Å². The summed E-state index contributed by atoms with van der Waals surface area (Å²) in [4.78, 5) is 12.3. The zero-order chi connectivity index (χ0) is 18.4. The Morgan fingerprint density at radius 3 is 2.81 bits per heavy atom. The lowest BCUT2D eigenvalue weighted by molar-refractivity contribution is -0.116. The first-order valence-corrected chi connectivity index (χ1v) is 9.37. The Hall–Kier alpha value is -2.04. The molecule has 138 valence electrons. The van der Waals surface area contributed by atoms with Crippen molar-refractivity contribution in [3.05, 3.63) is 58.6 Å². The second-order valence-corrected chi connectivity index (χ2v) is 7.06. The van der Waals surface area contributed by atoms with E-state index in [-0.39, 0.29) is 12.0 Å². The molecule has 3 rings (SSSR count). The largest absolute Gasteiger partial charge is 0.489 e. The second-order valence-electron chi connectivity index (χ2n) is 6.62. The van der Waals surface area contributed by atoms with Gasteiger partial charge in [0.15, 0.2) is 0 Å². The molecule has 0 saturated carbocycles. The lowest BCUT2D eigenvalue weighted by Crippen LogP contribution is -2.18. The smallest absolute Gasteiger partial charge is 0.224 e. The van der Waals surface area contributed by atoms with Crippen LogP contribution in [0.25, 0.3) is 0 Å². The maximum atomic E-state index is 12.3. The first-order chi connectivity index (χ1) is 12.6. The predicted octanol–water partition coefficient (Wildman–Crippen LogP) is 4.78. The highest BCUT2D eigenvalue weighted by atomic mass is 35.5. The maximum Gasteiger partial charge on any atom is 0.224 e. The summed E-state index contributed by atoms with van der Waals surface area (Å²) in [5.74, 6) is 0.658. The van der Waals surface area contributed by atoms with Gasteiger partial charge in [0, 0.05) is 18.1 Å². The molecule has 5 heteroatoms. The number of halogens is 1. The van der Waals surface area contributed by atoms with E-state index < -0.39 is 0 Å². The van der Waals surface area contributed by atoms with Gasteiger partial charge in [0.2, 0.25) is 5.91 Å². The van der Waals surface area contributed by atoms with Crippen molar-refractivity contribution in [1.82, 2.24) is 0 Å². The van der Waals surface area contributed by atoms with Crippen LogP contribution in [0.15, 0.2) is 42.5 Å². The van der Waals surface area contributed by atoms with E-state index in [0.29, 0.717) is 35.9 Å². The number of carbonyl (C=O) groups excluding carboxylic acids is 1. The molecule has 0 aliphatic carbocycles. The second kappa shape index (κ2) is 9.06. The van der Waals surface area contributed by atoms with Crippen molar-refractivity contribution >= 4 is 23.2 Å². The summed E-state index contributed by atoms with van der Waals surface area (Å²) >= 11 is 5.89. The van der Waals surface area contributed by atoms with Gasteiger partial charge in [-0.1, -0.05) is 29.8 Å². The number of nitrogens with one attached hydrogen (secondary N) is 1. The van der Waals surface area contributed by atoms with Gasteiger partial charge < -0.3 is 14.8 Å². The van der Waals surface area contributed by atoms with Crippen LogP contribution >= 0.6 is 11.6 Å². The molecule has 0 aromatic heterocycles. The minimum Gasteiger partial charge on any atom is -0.489 e. The van der Waals surface area contributed by atoms with Crippen molar-refractivity contribution in [1.29, 1.82) is 0 Å². The highest BCUT2D eigenvalue weighted by Crippen LogP contribution is 2.27. The van der Waals surface area contributed by atoms with Crippen LogP contribution in [0.5, 0.6) is 5.75 Å². The summed E-state index contributed by atoms with van der Waals surface area (Å²) in [6, 6.07) is 13.4. The Balaban J connectivity index is 1.56. The quantitative estimate of drug-likeness (QED) is 0.759. The molecule has 26 heavy (non-hydrogen) atoms. The van der Waals surface area contributed by atoms with E-state index in [0.717, 1.165) is 30.6 Å². The van der Waals surface area contributed by atoms with E-state index in [1.54, 1.807) is 0 Å². The Bertz CT molecular complexity index is 739. The Kier molecular flexibility index (Phi) is 6.53. The molecule has 0 bridgehead atoms. The van der Waals surface area contributed by atoms with Crippen LogP contribution < -0.4 is 10.1 Å². The highest BCUT2D eigenvalue weighted by Gasteiger charge is 2.17. The van der Waals surface area contributed by atoms with Crippen LogP contribution in [0.2, 0.25) is 5.02 Å². The minimum atomic E-state index is -0.0363. The van der Waals surface area contributed by atoms with Crippen LogP contribution in [0, 0.1) is 6.92 Å². The highest BCUT2D eigenvalue weighted by molar-refractivity contribution is 6.30. The summed E-state index contributed by atoms with van der Waals surface area (Å²) in [6.07, 6.45) is 3.32. The molecular formula is C21H24ClNO3. The van der Waals surface area contributed by atoms with Crippen LogP contribution in [-0.4, -0.2) is 25.2 Å². The van der Waals surface area contributed by atoms with Gasteiger partial charge in [-0.15, -0.1) is 0 Å². The van der Waals surface area contributed by atoms with Crippen molar-refractivity contribution in [2.45, 2.75) is 38.7 Å². The van der Waals surface area contributed by atoms with Crippen LogP contribution in [0.4, 0.5) is 5.69 Å². The summed E-state index contributed by atoms with van der Waals surface area (Å²) in [6.45, 7) is 3.32. The molecule has 1 unspecified atom stereocenters. The van der Waals surface area contributed by atoms with Crippen LogP contribution in [0.3, 0.4) is 0 Å². The monoisotopic (exact) mass is 373 g/mol. The number of hydrogen-bond donors (Lipinski definition) is 1. The zero-order valence-corrected chi connectivity index (χ0v) is 15.7. The average molecular weight is 374 g/mol. The number of amides is 1. The van der Waals surface area contributed by atoms with Gasteiger partial charge in [-0.25, -0.2) is 0 Å². The van der Waals surface area contributed by atoms with Crippen molar-refractivity contribution in [3.8, 4) is 5.75 Å². The Morgan fingerprint density at radius 1 is 1.27 bits per heavy atom. The molecule has 1 atom stereocenters. The molecule has 2 aromatic carbocycles. The summed E-state index contributed by atoms with van der Waals surface area (Å²) in [5.41, 5.74) is 2.88. The van der Waals surface area contributed by atoms with E-state index in [1.807, 2.05) is 49.4 Å². The SMILES string of the molecule is Cc1ccc(NC(=O)CCc2ccc(Cl)cc2)c(OCC2CCCO2)c1. The lowest BCUT2D eigenvalue weighted by atomic mass is 10.1. The molecule has 0 spiro atoms. The average Bonchev–Trinajstić information content (AvgIpc) is 3.15. The molecule has 1 N–H and O–H groups in total. The third-order valence-electron chi connectivity index (χ3n) is 4.41. The van der Waals surface area contributed by atoms with Crippen molar-refractivity contribution in [2.24, 2.45) is 0 Å². The molecule has 4 nitrogen and oxygen atoms in total. The van der Waals surface area contributed by atoms with Gasteiger partial charge in [-0.3, -0.25) is 4.79 Å². The van der Waals surface area contributed by atoms with Crippen molar-refractivity contribution < 1.29 is 14.3 Å². The Labute approximate surface area is 159 Å². The van der Waals surface area contributed by atoms with E-state index in [4.69, 9.17) is 21.1 Å². The number of anilines is 1. The standard InChI is InChI=1S/C21H24ClNO3/c1-15-4-10-19(20(13-15)26-14-18-3-2-12-25-18)23-21(24)11-7-16-5-8-17(22)9-6-16/h4-6,8-10,13,18H,2-3,7,11-12,14H2,1H3,(H,23,24). The predicted molar refractivity (Wildman–Crippen MR) is 104 cm³/mol. The lowest BCUT2D eigenvalue weighted by Gasteiger charge is -2.16. The van der Waals surface area contributed by atoms with Gasteiger partial charge in [0.25, 0.3) is 0 Å². The van der Waals surface area contributed by atoms with Crippen molar-refractivity contribution in [3.63, 3.8) is 0 Å². The molecule has 2 aromatic rings. The molecule has 0 radical (unpaired) electrons. The van der Waals surface area contributed by atoms with Crippen LogP contribution in [0.1, 0.15) is 30.4 Å². The fraction of sp³-hybridized carbons (Fsp3) is 0.381. The fourth-order valence-corrected chi connectivity index (χ4v) is 3.06. The first kappa shape index (κ1) is 18.7. The minimum absolute atomic E-state index is 0.0363. The van der Waals surface area contributed by atoms with E-state index in [2.05, 4.69) is 5.32 Å². The Morgan fingerprint density at radius 2 is 2.08 bits per heavy atom. The number of carbonyl (C=O) groups is 1. The number of rotatable bonds is 7. The third-order valence-corrected chi connectivity index (χ3v) is 4.67. The van der Waals surface area contributed by atoms with Crippen LogP contribution in [-0.2, 0) is 16.0 Å². The molecule has 1 fully saturated rings. The number of hydrogen-bond acceptors (Lipinski definition) is 3. The third kappa shape index (κ3) is 5.48. The first-order valence-electron chi connectivity index (χ1n) is 8.99. The van der Waals surface area contributed by atoms with Gasteiger partial charge in [-0.05, 0) is 61.6 Å². The van der Waals surface area contributed by atoms with Gasteiger partial charge in [0.1, 0.15) is 12.4 Å². The molecular weight excluding hydrogens is 350 g/mol. The maximum absolute atomic E-state index is 12.3.